The number of benzene rings is 1. The smallest absolute Gasteiger partial charge is 0.297 e. The van der Waals surface area contributed by atoms with Crippen molar-refractivity contribution in [3.05, 3.63) is 51.2 Å². The maximum atomic E-state index is 14.2. The second-order valence-electron chi connectivity index (χ2n) is 6.57. The Morgan fingerprint density at radius 1 is 1.38 bits per heavy atom. The highest BCUT2D eigenvalue weighted by Gasteiger charge is 2.24. The van der Waals surface area contributed by atoms with Gasteiger partial charge in [-0.2, -0.15) is 5.10 Å². The van der Waals surface area contributed by atoms with Gasteiger partial charge in [0.1, 0.15) is 5.82 Å². The number of halogens is 1. The van der Waals surface area contributed by atoms with E-state index in [2.05, 4.69) is 15.9 Å². The Bertz CT molecular complexity index is 906. The second kappa shape index (κ2) is 7.25. The Hall–Kier alpha value is -2.74. The molecule has 2 aromatic rings. The fourth-order valence-electron chi connectivity index (χ4n) is 2.50. The highest BCUT2D eigenvalue weighted by atomic mass is 19.1. The van der Waals surface area contributed by atoms with Crippen LogP contribution in [0.5, 0.6) is 0 Å². The molecule has 0 bridgehead atoms. The SMILES string of the molecule is Cc1ccc(Nc2c(C(=O)NOCC3CC3)nn(C)c(=O)c2C)c(F)c1. The van der Waals surface area contributed by atoms with E-state index in [1.807, 2.05) is 0 Å². The van der Waals surface area contributed by atoms with Crippen LogP contribution in [0, 0.1) is 25.6 Å². The molecule has 1 aliphatic carbocycles. The summed E-state index contributed by atoms with van der Waals surface area (Å²) in [5.41, 5.74) is 3.25. The predicted molar refractivity (Wildman–Crippen MR) is 94.8 cm³/mol. The summed E-state index contributed by atoms with van der Waals surface area (Å²) in [5, 5.41) is 6.85. The van der Waals surface area contributed by atoms with Gasteiger partial charge in [-0.25, -0.2) is 14.6 Å². The zero-order valence-electron chi connectivity index (χ0n) is 14.9. The highest BCUT2D eigenvalue weighted by Crippen LogP contribution is 2.28. The van der Waals surface area contributed by atoms with E-state index < -0.39 is 11.7 Å². The zero-order chi connectivity index (χ0) is 18.8. The van der Waals surface area contributed by atoms with Crippen molar-refractivity contribution in [3.8, 4) is 0 Å². The lowest BCUT2D eigenvalue weighted by Gasteiger charge is -2.15. The van der Waals surface area contributed by atoms with Gasteiger partial charge in [0.25, 0.3) is 11.5 Å². The number of carbonyl (C=O) groups is 1. The van der Waals surface area contributed by atoms with Crippen LogP contribution in [-0.2, 0) is 11.9 Å². The molecule has 1 aliphatic rings. The van der Waals surface area contributed by atoms with Gasteiger partial charge in [-0.3, -0.25) is 14.4 Å². The lowest BCUT2D eigenvalue weighted by Crippen LogP contribution is -2.32. The van der Waals surface area contributed by atoms with E-state index in [1.165, 1.54) is 13.1 Å². The number of hydrogen-bond acceptors (Lipinski definition) is 5. The number of hydrogen-bond donors (Lipinski definition) is 2. The molecule has 1 heterocycles. The van der Waals surface area contributed by atoms with Crippen molar-refractivity contribution in [1.82, 2.24) is 15.3 Å². The van der Waals surface area contributed by atoms with Gasteiger partial charge >= 0.3 is 0 Å². The summed E-state index contributed by atoms with van der Waals surface area (Å²) < 4.78 is 15.3. The summed E-state index contributed by atoms with van der Waals surface area (Å²) in [7, 11) is 1.45. The molecule has 0 radical (unpaired) electrons. The number of aromatic nitrogens is 2. The van der Waals surface area contributed by atoms with Gasteiger partial charge in [-0.1, -0.05) is 6.07 Å². The number of rotatable bonds is 6. The van der Waals surface area contributed by atoms with Crippen molar-refractivity contribution in [1.29, 1.82) is 0 Å². The van der Waals surface area contributed by atoms with Crippen LogP contribution >= 0.6 is 0 Å². The molecule has 0 atom stereocenters. The minimum absolute atomic E-state index is 0.0413. The Morgan fingerprint density at radius 2 is 2.12 bits per heavy atom. The molecular weight excluding hydrogens is 339 g/mol. The van der Waals surface area contributed by atoms with Gasteiger partial charge in [0.05, 0.1) is 18.0 Å². The summed E-state index contributed by atoms with van der Waals surface area (Å²) in [6.07, 6.45) is 2.18. The minimum Gasteiger partial charge on any atom is -0.351 e. The van der Waals surface area contributed by atoms with Crippen LogP contribution in [0.1, 0.15) is 34.5 Å². The average Bonchev–Trinajstić information content (AvgIpc) is 3.41. The molecule has 138 valence electrons. The monoisotopic (exact) mass is 360 g/mol. The minimum atomic E-state index is -0.598. The topological polar surface area (TPSA) is 85.2 Å². The van der Waals surface area contributed by atoms with Crippen LogP contribution in [-0.4, -0.2) is 22.3 Å². The Labute approximate surface area is 150 Å². The summed E-state index contributed by atoms with van der Waals surface area (Å²) in [6, 6.07) is 4.64. The van der Waals surface area contributed by atoms with Crippen LogP contribution in [0.3, 0.4) is 0 Å². The van der Waals surface area contributed by atoms with Gasteiger partial charge in [0.2, 0.25) is 0 Å². The van der Waals surface area contributed by atoms with E-state index in [0.717, 1.165) is 23.1 Å². The molecule has 1 amide bonds. The normalized spacial score (nSPS) is 13.5. The van der Waals surface area contributed by atoms with Crippen LogP contribution in [0.4, 0.5) is 15.8 Å². The number of anilines is 2. The molecule has 0 unspecified atom stereocenters. The van der Waals surface area contributed by atoms with E-state index in [4.69, 9.17) is 4.84 Å². The molecule has 26 heavy (non-hydrogen) atoms. The molecule has 0 saturated heterocycles. The standard InChI is InChI=1S/C18H21FN4O3/c1-10-4-7-14(13(19)8-10)20-15-11(2)18(25)23(3)21-16(15)17(24)22-26-9-12-5-6-12/h4,7-8,12,20H,5-6,9H2,1-3H3,(H,22,24). The van der Waals surface area contributed by atoms with Crippen molar-refractivity contribution in [2.75, 3.05) is 11.9 Å². The predicted octanol–water partition coefficient (Wildman–Crippen LogP) is 2.35. The first-order valence-corrected chi connectivity index (χ1v) is 8.40. The first-order chi connectivity index (χ1) is 12.4. The largest absolute Gasteiger partial charge is 0.351 e. The maximum absolute atomic E-state index is 14.2. The van der Waals surface area contributed by atoms with Crippen molar-refractivity contribution in [2.24, 2.45) is 13.0 Å². The van der Waals surface area contributed by atoms with E-state index in [9.17, 15) is 14.0 Å². The maximum Gasteiger partial charge on any atom is 0.297 e. The molecular formula is C18H21FN4O3. The van der Waals surface area contributed by atoms with Crippen LogP contribution in [0.2, 0.25) is 0 Å². The number of aryl methyl sites for hydroxylation is 2. The molecule has 1 aromatic carbocycles. The van der Waals surface area contributed by atoms with Gasteiger partial charge in [-0.05, 0) is 50.3 Å². The van der Waals surface area contributed by atoms with Gasteiger partial charge in [0.15, 0.2) is 5.69 Å². The highest BCUT2D eigenvalue weighted by molar-refractivity contribution is 5.98. The fourth-order valence-corrected chi connectivity index (χ4v) is 2.50. The van der Waals surface area contributed by atoms with Crippen molar-refractivity contribution < 1.29 is 14.0 Å². The third-order valence-corrected chi connectivity index (χ3v) is 4.26. The lowest BCUT2D eigenvalue weighted by molar-refractivity contribution is 0.0265. The average molecular weight is 360 g/mol. The third kappa shape index (κ3) is 3.91. The summed E-state index contributed by atoms with van der Waals surface area (Å²) in [4.78, 5) is 29.9. The lowest BCUT2D eigenvalue weighted by atomic mass is 10.1. The van der Waals surface area contributed by atoms with Gasteiger partial charge in [0, 0.05) is 12.6 Å². The third-order valence-electron chi connectivity index (χ3n) is 4.26. The molecule has 0 spiro atoms. The molecule has 1 fully saturated rings. The number of carbonyl (C=O) groups excluding carboxylic acids is 1. The van der Waals surface area contributed by atoms with Crippen LogP contribution < -0.4 is 16.4 Å². The van der Waals surface area contributed by atoms with Crippen molar-refractivity contribution in [2.45, 2.75) is 26.7 Å². The molecule has 3 rings (SSSR count). The number of hydroxylamine groups is 1. The zero-order valence-corrected chi connectivity index (χ0v) is 14.9. The Morgan fingerprint density at radius 3 is 2.77 bits per heavy atom. The van der Waals surface area contributed by atoms with E-state index in [-0.39, 0.29) is 28.2 Å². The summed E-state index contributed by atoms with van der Waals surface area (Å²) >= 11 is 0. The van der Waals surface area contributed by atoms with Crippen molar-refractivity contribution in [3.63, 3.8) is 0 Å². The molecule has 2 N–H and O–H groups in total. The summed E-state index contributed by atoms with van der Waals surface area (Å²) in [5.74, 6) is -0.606. The Balaban J connectivity index is 1.92. The van der Waals surface area contributed by atoms with E-state index in [0.29, 0.717) is 12.5 Å². The van der Waals surface area contributed by atoms with E-state index in [1.54, 1.807) is 26.0 Å². The number of nitrogens with one attached hydrogen (secondary N) is 2. The van der Waals surface area contributed by atoms with Crippen LogP contribution in [0.25, 0.3) is 0 Å². The first kappa shape index (κ1) is 18.1. The molecule has 0 aliphatic heterocycles. The Kier molecular flexibility index (Phi) is 5.03. The van der Waals surface area contributed by atoms with E-state index >= 15 is 0 Å². The van der Waals surface area contributed by atoms with Gasteiger partial charge in [-0.15, -0.1) is 0 Å². The first-order valence-electron chi connectivity index (χ1n) is 8.40. The van der Waals surface area contributed by atoms with Gasteiger partial charge < -0.3 is 5.32 Å². The quantitative estimate of drug-likeness (QED) is 0.773. The molecule has 1 aromatic heterocycles. The number of nitrogens with zero attached hydrogens (tertiary/aromatic N) is 2. The van der Waals surface area contributed by atoms with Crippen molar-refractivity contribution >= 4 is 17.3 Å². The second-order valence-corrected chi connectivity index (χ2v) is 6.57. The van der Waals surface area contributed by atoms with Crippen LogP contribution in [0.15, 0.2) is 23.0 Å². The molecule has 7 nitrogen and oxygen atoms in total. The fraction of sp³-hybridized carbons (Fsp3) is 0.389. The molecule has 8 heteroatoms. The molecule has 1 saturated carbocycles. The number of amides is 1. The summed E-state index contributed by atoms with van der Waals surface area (Å²) in [6.45, 7) is 3.76.